The van der Waals surface area contributed by atoms with E-state index in [0.717, 1.165) is 0 Å². The predicted molar refractivity (Wildman–Crippen MR) is 29.8 cm³/mol. The molecule has 0 aromatic heterocycles. The van der Waals surface area contributed by atoms with Gasteiger partial charge in [-0.15, -0.1) is 0 Å². The molecule has 0 saturated heterocycles. The molecule has 0 radical (unpaired) electrons. The first-order valence-electron chi connectivity index (χ1n) is 0. The zero-order valence-electron chi connectivity index (χ0n) is 0.789. The maximum atomic E-state index is 0. The largest absolute Gasteiger partial charge is 0.316 e. The third-order valence-corrected chi connectivity index (χ3v) is 0. The van der Waals surface area contributed by atoms with Gasteiger partial charge in [0.25, 0.3) is 0 Å². The van der Waals surface area contributed by atoms with Gasteiger partial charge in [-0.2, -0.15) is 0 Å². The van der Waals surface area contributed by atoms with E-state index in [4.69, 9.17) is 0 Å². The smallest absolute Gasteiger partial charge is 0.0149 e. The van der Waals surface area contributed by atoms with Crippen LogP contribution in [0.25, 0.3) is 0 Å². The summed E-state index contributed by atoms with van der Waals surface area (Å²) in [7, 11) is 0. The maximum Gasteiger partial charge on any atom is 0.316 e. The fourth-order valence-electron chi connectivity index (χ4n) is 0. The summed E-state index contributed by atoms with van der Waals surface area (Å²) in [5, 5.41) is 0. The van der Waals surface area contributed by atoms with E-state index in [0.29, 0.717) is 0 Å². The summed E-state index contributed by atoms with van der Waals surface area (Å²) in [5.41, 5.74) is 0. The topological polar surface area (TPSA) is 0 Å². The molecule has 0 aromatic carbocycles. The monoisotopic (exact) mass is 344 g/mol. The Kier molecular flexibility index (Phi) is 193. The Morgan fingerprint density at radius 1 is 1.00 bits per heavy atom. The van der Waals surface area contributed by atoms with Crippen LogP contribution in [-0.4, -0.2) is 51.4 Å². The normalized spacial score (nSPS) is 0. The summed E-state index contributed by atoms with van der Waals surface area (Å²) in [6, 6.07) is 0. The van der Waals surface area contributed by atoms with E-state index in [9.17, 15) is 0 Å². The third-order valence-electron chi connectivity index (χ3n) is 0. The van der Waals surface area contributed by atoms with Gasteiger partial charge >= 0.3 is 23.1 Å². The Bertz CT molecular complexity index is 11.6. The molecule has 0 bridgehead atoms. The predicted octanol–water partition coefficient (Wildman–Crippen LogP) is -3.55. The molecule has 0 aliphatic carbocycles. The molecule has 0 aromatic rings. The molecule has 5 heteroatoms. The second-order valence-electron chi connectivity index (χ2n) is 0. The SMILES string of the molecule is [AlH3].[Er].[MgH2].[SiH4].[Zr]. The van der Waals surface area contributed by atoms with Crippen molar-refractivity contribution in [3.63, 3.8) is 0 Å². The van der Waals surface area contributed by atoms with E-state index in [1.807, 2.05) is 0 Å². The zero-order chi connectivity index (χ0) is 0. The first-order chi connectivity index (χ1) is 0. The summed E-state index contributed by atoms with van der Waals surface area (Å²) < 4.78 is 0. The van der Waals surface area contributed by atoms with Gasteiger partial charge in [-0.1, -0.05) is 0 Å². The molecule has 0 amide bonds. The second kappa shape index (κ2) is 25.4. The Morgan fingerprint density at radius 3 is 1.00 bits per heavy atom. The van der Waals surface area contributed by atoms with E-state index < -0.39 is 0 Å². The van der Waals surface area contributed by atoms with Gasteiger partial charge in [0.05, 0.1) is 0 Å². The van der Waals surface area contributed by atoms with Crippen LogP contribution in [0.2, 0.25) is 0 Å². The third kappa shape index (κ3) is 18.3. The standard InChI is InChI=1S/Al.Er.Mg.H4Si.Zr.5H/h;;;1H4;;;;;;. The van der Waals surface area contributed by atoms with Gasteiger partial charge in [0.1, 0.15) is 0 Å². The summed E-state index contributed by atoms with van der Waals surface area (Å²) in [5.74, 6) is 0. The van der Waals surface area contributed by atoms with Crippen molar-refractivity contribution >= 4 is 51.4 Å². The minimum absolute atomic E-state index is 0. The van der Waals surface area contributed by atoms with Gasteiger partial charge in [0.2, 0.25) is 0 Å². The molecule has 0 rings (SSSR count). The van der Waals surface area contributed by atoms with Crippen LogP contribution in [0, 0.1) is 37.3 Å². The van der Waals surface area contributed by atoms with Gasteiger partial charge in [0.15, 0.2) is 17.4 Å². The Balaban J connectivity index is 0. The molecule has 0 nitrogen and oxygen atoms in total. The van der Waals surface area contributed by atoms with Gasteiger partial charge < -0.3 is 0 Å². The fraction of sp³-hybridized carbons (Fsp3) is 0. The summed E-state index contributed by atoms with van der Waals surface area (Å²) >= 11 is 0. The number of hydrogen-bond acceptors (Lipinski definition) is 0. The van der Waals surface area contributed by atoms with E-state index in [-0.39, 0.29) is 115 Å². The van der Waals surface area contributed by atoms with Crippen LogP contribution < -0.4 is 0 Å². The molecule has 0 heterocycles. The molecule has 5 heavy (non-hydrogen) atoms. The average Bonchev–Trinajstić information content (AvgIpc) is 0. The average molecular weight is 347 g/mol. The quantitative estimate of drug-likeness (QED) is 0.398. The van der Waals surface area contributed by atoms with Crippen molar-refractivity contribution in [1.82, 2.24) is 0 Å². The Hall–Kier alpha value is 3.65. The Morgan fingerprint density at radius 2 is 1.00 bits per heavy atom. The first-order valence-corrected chi connectivity index (χ1v) is 0. The van der Waals surface area contributed by atoms with Crippen LogP contribution in [0.5, 0.6) is 0 Å². The van der Waals surface area contributed by atoms with Crippen LogP contribution in [0.4, 0.5) is 0 Å². The summed E-state index contributed by atoms with van der Waals surface area (Å²) in [6.45, 7) is 0. The van der Waals surface area contributed by atoms with Gasteiger partial charge in [0, 0.05) is 63.5 Å². The number of hydrogen-bond donors (Lipinski definition) is 0. The molecule has 0 atom stereocenters. The molecular formula is H9AlErMgSiZr. The van der Waals surface area contributed by atoms with Gasteiger partial charge in [-0.3, -0.25) is 0 Å². The molecule has 0 N–H and O–H groups in total. The molecule has 0 aliphatic rings. The zero-order valence-corrected chi connectivity index (χ0v) is 5.10. The van der Waals surface area contributed by atoms with Crippen molar-refractivity contribution < 1.29 is 63.5 Å². The maximum absolute atomic E-state index is 0. The van der Waals surface area contributed by atoms with Crippen molar-refractivity contribution in [1.29, 1.82) is 0 Å². The van der Waals surface area contributed by atoms with E-state index >= 15 is 0 Å². The Labute approximate surface area is 112 Å². The fourth-order valence-corrected chi connectivity index (χ4v) is 0. The summed E-state index contributed by atoms with van der Waals surface area (Å²) in [4.78, 5) is 0. The van der Waals surface area contributed by atoms with Crippen molar-refractivity contribution in [2.45, 2.75) is 0 Å². The molecule has 0 spiro atoms. The van der Waals surface area contributed by atoms with Crippen LogP contribution in [-0.2, 0) is 26.2 Å². The molecule has 0 unspecified atom stereocenters. The van der Waals surface area contributed by atoms with Crippen LogP contribution >= 0.6 is 0 Å². The van der Waals surface area contributed by atoms with Crippen molar-refractivity contribution in [3.8, 4) is 0 Å². The molecule has 34 valence electrons. The molecule has 0 saturated carbocycles. The van der Waals surface area contributed by atoms with Crippen molar-refractivity contribution in [2.24, 2.45) is 0 Å². The van der Waals surface area contributed by atoms with Gasteiger partial charge in [-0.25, -0.2) is 0 Å². The van der Waals surface area contributed by atoms with E-state index in [2.05, 4.69) is 0 Å². The number of rotatable bonds is 0. The van der Waals surface area contributed by atoms with Gasteiger partial charge in [-0.05, 0) is 11.0 Å². The van der Waals surface area contributed by atoms with Crippen molar-refractivity contribution in [2.75, 3.05) is 0 Å². The molecule has 0 fully saturated rings. The summed E-state index contributed by atoms with van der Waals surface area (Å²) in [6.07, 6.45) is 0. The molecular weight excluding hydrogens is 338 g/mol. The van der Waals surface area contributed by atoms with Crippen LogP contribution in [0.3, 0.4) is 0 Å². The minimum Gasteiger partial charge on any atom is -0.0149 e. The van der Waals surface area contributed by atoms with Crippen LogP contribution in [0.1, 0.15) is 0 Å². The van der Waals surface area contributed by atoms with E-state index in [1.165, 1.54) is 0 Å². The van der Waals surface area contributed by atoms with E-state index in [1.54, 1.807) is 0 Å². The first kappa shape index (κ1) is 38.0. The van der Waals surface area contributed by atoms with Crippen molar-refractivity contribution in [3.05, 3.63) is 0 Å². The second-order valence-corrected chi connectivity index (χ2v) is 0. The molecule has 0 aliphatic heterocycles. The van der Waals surface area contributed by atoms with Crippen LogP contribution in [0.15, 0.2) is 0 Å². The minimum atomic E-state index is 0.